The first-order chi connectivity index (χ1) is 8.49. The summed E-state index contributed by atoms with van der Waals surface area (Å²) >= 11 is 0. The number of hydrogen-bond donors (Lipinski definition) is 2. The van der Waals surface area contributed by atoms with Gasteiger partial charge in [0, 0.05) is 35.9 Å². The lowest BCUT2D eigenvalue weighted by Gasteiger charge is -2.20. The molecule has 1 fully saturated rings. The quantitative estimate of drug-likeness (QED) is 0.623. The number of amides is 2. The zero-order valence-corrected chi connectivity index (χ0v) is 11.4. The van der Waals surface area contributed by atoms with Gasteiger partial charge in [0.2, 0.25) is 0 Å². The molecule has 6 nitrogen and oxygen atoms in total. The molecule has 0 aromatic rings. The number of aliphatic carboxylic acids is 1. The third-order valence-corrected chi connectivity index (χ3v) is 3.54. The van der Waals surface area contributed by atoms with Gasteiger partial charge in [0.05, 0.1) is 0 Å². The Morgan fingerprint density at radius 1 is 1.44 bits per heavy atom. The number of urea groups is 1. The van der Waals surface area contributed by atoms with Crippen molar-refractivity contribution in [2.45, 2.75) is 19.3 Å². The van der Waals surface area contributed by atoms with Crippen LogP contribution in [0.5, 0.6) is 0 Å². The summed E-state index contributed by atoms with van der Waals surface area (Å²) in [6.07, 6.45) is 4.39. The van der Waals surface area contributed by atoms with E-state index in [1.54, 1.807) is 6.26 Å². The van der Waals surface area contributed by atoms with Crippen molar-refractivity contribution in [3.05, 3.63) is 0 Å². The van der Waals surface area contributed by atoms with Crippen LogP contribution in [0.25, 0.3) is 0 Å². The second-order valence-electron chi connectivity index (χ2n) is 4.58. The molecular formula is C11H20N2O4S. The number of nitrogens with zero attached hydrogens (tertiary/aromatic N) is 1. The van der Waals surface area contributed by atoms with Gasteiger partial charge in [0.15, 0.2) is 0 Å². The Balaban J connectivity index is 2.28. The molecule has 18 heavy (non-hydrogen) atoms. The number of carboxylic acid groups (broad SMARTS) is 1. The predicted molar refractivity (Wildman–Crippen MR) is 68.9 cm³/mol. The number of carboxylic acids is 1. The van der Waals surface area contributed by atoms with Crippen LogP contribution in [0.2, 0.25) is 0 Å². The molecule has 1 aliphatic rings. The van der Waals surface area contributed by atoms with Gasteiger partial charge in [-0.2, -0.15) is 0 Å². The first kappa shape index (κ1) is 14.9. The average molecular weight is 276 g/mol. The third kappa shape index (κ3) is 6.58. The van der Waals surface area contributed by atoms with Crippen molar-refractivity contribution in [1.29, 1.82) is 0 Å². The Morgan fingerprint density at radius 3 is 2.61 bits per heavy atom. The number of rotatable bonds is 8. The SMILES string of the molecule is CS(=O)CCCNC(=O)N(CC(=O)O)CC1CC1. The van der Waals surface area contributed by atoms with E-state index in [1.165, 1.54) is 4.90 Å². The highest BCUT2D eigenvalue weighted by molar-refractivity contribution is 7.84. The van der Waals surface area contributed by atoms with E-state index in [0.29, 0.717) is 31.2 Å². The molecule has 0 heterocycles. The predicted octanol–water partition coefficient (Wildman–Crippen LogP) is 0.261. The Hall–Kier alpha value is -1.11. The topological polar surface area (TPSA) is 86.7 Å². The zero-order valence-electron chi connectivity index (χ0n) is 10.6. The van der Waals surface area contributed by atoms with Crippen molar-refractivity contribution >= 4 is 22.8 Å². The maximum Gasteiger partial charge on any atom is 0.323 e. The summed E-state index contributed by atoms with van der Waals surface area (Å²) in [6.45, 7) is 0.680. The van der Waals surface area contributed by atoms with Gasteiger partial charge in [-0.1, -0.05) is 0 Å². The number of nitrogens with one attached hydrogen (secondary N) is 1. The largest absolute Gasteiger partial charge is 0.480 e. The van der Waals surface area contributed by atoms with E-state index in [0.717, 1.165) is 12.8 Å². The minimum absolute atomic E-state index is 0.262. The highest BCUT2D eigenvalue weighted by Gasteiger charge is 2.27. The van der Waals surface area contributed by atoms with Crippen LogP contribution in [0.1, 0.15) is 19.3 Å². The summed E-state index contributed by atoms with van der Waals surface area (Å²) in [5.41, 5.74) is 0. The molecule has 0 aliphatic heterocycles. The molecule has 1 saturated carbocycles. The van der Waals surface area contributed by atoms with Gasteiger partial charge in [0.25, 0.3) is 0 Å². The number of carbonyl (C=O) groups excluding carboxylic acids is 1. The second kappa shape index (κ2) is 7.35. The Morgan fingerprint density at radius 2 is 2.11 bits per heavy atom. The van der Waals surface area contributed by atoms with Gasteiger partial charge < -0.3 is 15.3 Å². The molecule has 2 N–H and O–H groups in total. The molecule has 0 aromatic carbocycles. The molecule has 0 bridgehead atoms. The highest BCUT2D eigenvalue weighted by atomic mass is 32.2. The normalized spacial score (nSPS) is 16.1. The molecule has 2 amide bonds. The first-order valence-corrected chi connectivity index (χ1v) is 7.76. The van der Waals surface area contributed by atoms with Gasteiger partial charge in [-0.3, -0.25) is 9.00 Å². The summed E-state index contributed by atoms with van der Waals surface area (Å²) in [5.74, 6) is 0.000624. The van der Waals surface area contributed by atoms with Crippen LogP contribution in [-0.2, 0) is 15.6 Å². The fraction of sp³-hybridized carbons (Fsp3) is 0.818. The highest BCUT2D eigenvalue weighted by Crippen LogP contribution is 2.29. The number of carbonyl (C=O) groups is 2. The van der Waals surface area contributed by atoms with E-state index in [4.69, 9.17) is 5.11 Å². The van der Waals surface area contributed by atoms with Crippen molar-refractivity contribution in [2.24, 2.45) is 5.92 Å². The summed E-state index contributed by atoms with van der Waals surface area (Å²) in [7, 11) is -0.858. The van der Waals surface area contributed by atoms with Gasteiger partial charge in [-0.25, -0.2) is 4.79 Å². The molecule has 1 atom stereocenters. The van der Waals surface area contributed by atoms with Gasteiger partial charge in [-0.05, 0) is 25.2 Å². The van der Waals surface area contributed by atoms with E-state index >= 15 is 0 Å². The summed E-state index contributed by atoms with van der Waals surface area (Å²) < 4.78 is 10.8. The van der Waals surface area contributed by atoms with E-state index in [-0.39, 0.29) is 12.6 Å². The van der Waals surface area contributed by atoms with E-state index < -0.39 is 16.8 Å². The van der Waals surface area contributed by atoms with Gasteiger partial charge >= 0.3 is 12.0 Å². The molecule has 0 aromatic heterocycles. The van der Waals surface area contributed by atoms with Crippen molar-refractivity contribution < 1.29 is 18.9 Å². The van der Waals surface area contributed by atoms with Crippen molar-refractivity contribution in [3.8, 4) is 0 Å². The van der Waals surface area contributed by atoms with Crippen LogP contribution in [0, 0.1) is 5.92 Å². The minimum atomic E-state index is -1.000. The minimum Gasteiger partial charge on any atom is -0.480 e. The number of hydrogen-bond acceptors (Lipinski definition) is 3. The lowest BCUT2D eigenvalue weighted by atomic mass is 10.3. The summed E-state index contributed by atoms with van der Waals surface area (Å²) in [4.78, 5) is 23.8. The van der Waals surface area contributed by atoms with Crippen molar-refractivity contribution in [2.75, 3.05) is 31.6 Å². The van der Waals surface area contributed by atoms with Gasteiger partial charge in [0.1, 0.15) is 6.54 Å². The maximum absolute atomic E-state index is 11.8. The molecule has 1 aliphatic carbocycles. The van der Waals surface area contributed by atoms with E-state index in [1.807, 2.05) is 0 Å². The van der Waals surface area contributed by atoms with Crippen LogP contribution in [-0.4, -0.2) is 57.9 Å². The van der Waals surface area contributed by atoms with Crippen LogP contribution in [0.3, 0.4) is 0 Å². The maximum atomic E-state index is 11.8. The second-order valence-corrected chi connectivity index (χ2v) is 6.14. The lowest BCUT2D eigenvalue weighted by Crippen LogP contribution is -2.44. The third-order valence-electron chi connectivity index (χ3n) is 2.67. The van der Waals surface area contributed by atoms with Crippen LogP contribution in [0.15, 0.2) is 0 Å². The van der Waals surface area contributed by atoms with E-state index in [2.05, 4.69) is 5.32 Å². The lowest BCUT2D eigenvalue weighted by molar-refractivity contribution is -0.137. The standard InChI is InChI=1S/C11H20N2O4S/c1-18(17)6-2-5-12-11(16)13(8-10(14)15)7-9-3-4-9/h9H,2-8H2,1H3,(H,12,16)(H,14,15). The Kier molecular flexibility index (Phi) is 6.11. The monoisotopic (exact) mass is 276 g/mol. The molecule has 104 valence electrons. The zero-order chi connectivity index (χ0) is 13.5. The molecule has 1 unspecified atom stereocenters. The summed E-state index contributed by atoms with van der Waals surface area (Å²) in [6, 6.07) is -0.341. The van der Waals surface area contributed by atoms with Crippen LogP contribution < -0.4 is 5.32 Å². The molecule has 0 radical (unpaired) electrons. The van der Waals surface area contributed by atoms with Crippen LogP contribution >= 0.6 is 0 Å². The van der Waals surface area contributed by atoms with E-state index in [9.17, 15) is 13.8 Å². The van der Waals surface area contributed by atoms with Crippen molar-refractivity contribution in [1.82, 2.24) is 10.2 Å². The molecule has 0 spiro atoms. The molecular weight excluding hydrogens is 256 g/mol. The first-order valence-electron chi connectivity index (χ1n) is 6.03. The fourth-order valence-corrected chi connectivity index (χ4v) is 2.13. The van der Waals surface area contributed by atoms with Crippen molar-refractivity contribution in [3.63, 3.8) is 0 Å². The molecule has 7 heteroatoms. The molecule has 1 rings (SSSR count). The average Bonchev–Trinajstić information content (AvgIpc) is 3.06. The van der Waals surface area contributed by atoms with Crippen LogP contribution in [0.4, 0.5) is 4.79 Å². The summed E-state index contributed by atoms with van der Waals surface area (Å²) in [5, 5.41) is 11.4. The Bertz CT molecular complexity index is 331. The smallest absolute Gasteiger partial charge is 0.323 e. The Labute approximate surface area is 109 Å². The fourth-order valence-electron chi connectivity index (χ4n) is 1.58. The molecule has 0 saturated heterocycles. The van der Waals surface area contributed by atoms with Gasteiger partial charge in [-0.15, -0.1) is 0 Å².